The Morgan fingerprint density at radius 1 is 1.58 bits per heavy atom. The number of nitriles is 1. The minimum atomic E-state index is -0.725. The summed E-state index contributed by atoms with van der Waals surface area (Å²) in [6.07, 6.45) is 1.38. The Hall–Kier alpha value is -2.75. The quantitative estimate of drug-likeness (QED) is 0.772. The molecule has 2 rings (SSSR count). The lowest BCUT2D eigenvalue weighted by Crippen LogP contribution is -2.06. The first kappa shape index (κ1) is 12.7. The standard InChI is InChI=1S/C12H9FN4O2/c1-19-12(18)9-3-2-8(4-10(9)13)6-17-7-15-11(5-14)16-17/h2-4,7H,6H2,1H3. The first-order chi connectivity index (χ1) is 9.13. The van der Waals surface area contributed by atoms with E-state index in [1.807, 2.05) is 0 Å². The van der Waals surface area contributed by atoms with E-state index in [0.29, 0.717) is 5.56 Å². The van der Waals surface area contributed by atoms with Crippen LogP contribution in [0.25, 0.3) is 0 Å². The van der Waals surface area contributed by atoms with Gasteiger partial charge in [-0.05, 0) is 17.7 Å². The second-order valence-corrected chi connectivity index (χ2v) is 3.68. The van der Waals surface area contributed by atoms with Crippen molar-refractivity contribution in [2.75, 3.05) is 7.11 Å². The van der Waals surface area contributed by atoms with Crippen molar-refractivity contribution < 1.29 is 13.9 Å². The van der Waals surface area contributed by atoms with Crippen LogP contribution in [0.1, 0.15) is 21.7 Å². The summed E-state index contributed by atoms with van der Waals surface area (Å²) in [7, 11) is 1.19. The maximum atomic E-state index is 13.7. The van der Waals surface area contributed by atoms with Crippen LogP contribution < -0.4 is 0 Å². The molecule has 1 heterocycles. The maximum Gasteiger partial charge on any atom is 0.340 e. The van der Waals surface area contributed by atoms with Crippen LogP contribution in [0.15, 0.2) is 24.5 Å². The van der Waals surface area contributed by atoms with Gasteiger partial charge in [-0.1, -0.05) is 6.07 Å². The van der Waals surface area contributed by atoms with E-state index in [0.717, 1.165) is 0 Å². The van der Waals surface area contributed by atoms with E-state index >= 15 is 0 Å². The van der Waals surface area contributed by atoms with Crippen molar-refractivity contribution in [2.45, 2.75) is 6.54 Å². The van der Waals surface area contributed by atoms with Crippen molar-refractivity contribution in [3.05, 3.63) is 47.3 Å². The number of esters is 1. The number of halogens is 1. The van der Waals surface area contributed by atoms with Gasteiger partial charge in [0.05, 0.1) is 19.2 Å². The molecular formula is C12H9FN4O2. The Bertz CT molecular complexity index is 660. The predicted octanol–water partition coefficient (Wildman–Crippen LogP) is 1.12. The summed E-state index contributed by atoms with van der Waals surface area (Å²) in [5.41, 5.74) is 0.474. The second kappa shape index (κ2) is 5.27. The molecular weight excluding hydrogens is 251 g/mol. The highest BCUT2D eigenvalue weighted by Crippen LogP contribution is 2.12. The Morgan fingerprint density at radius 2 is 2.37 bits per heavy atom. The van der Waals surface area contributed by atoms with E-state index in [2.05, 4.69) is 14.8 Å². The van der Waals surface area contributed by atoms with Gasteiger partial charge in [0.2, 0.25) is 0 Å². The number of aromatic nitrogens is 3. The lowest BCUT2D eigenvalue weighted by Gasteiger charge is -2.04. The molecule has 1 aromatic carbocycles. The molecule has 0 unspecified atom stereocenters. The van der Waals surface area contributed by atoms with Crippen molar-refractivity contribution >= 4 is 5.97 Å². The highest BCUT2D eigenvalue weighted by Gasteiger charge is 2.12. The Kier molecular flexibility index (Phi) is 3.52. The van der Waals surface area contributed by atoms with Gasteiger partial charge in [0.1, 0.15) is 18.2 Å². The van der Waals surface area contributed by atoms with Crippen molar-refractivity contribution in [2.24, 2.45) is 0 Å². The summed E-state index contributed by atoms with van der Waals surface area (Å²) in [6.45, 7) is 0.257. The van der Waals surface area contributed by atoms with E-state index in [-0.39, 0.29) is 17.9 Å². The molecule has 0 saturated carbocycles. The fourth-order valence-corrected chi connectivity index (χ4v) is 1.54. The summed E-state index contributed by atoms with van der Waals surface area (Å²) < 4.78 is 19.5. The summed E-state index contributed by atoms with van der Waals surface area (Å²) in [5, 5.41) is 12.4. The fourth-order valence-electron chi connectivity index (χ4n) is 1.54. The fraction of sp³-hybridized carbons (Fsp3) is 0.167. The summed E-state index contributed by atoms with van der Waals surface area (Å²) in [4.78, 5) is 15.0. The summed E-state index contributed by atoms with van der Waals surface area (Å²) in [5.74, 6) is -1.34. The SMILES string of the molecule is COC(=O)c1ccc(Cn2cnc(C#N)n2)cc1F. The normalized spacial score (nSPS) is 9.95. The van der Waals surface area contributed by atoms with Gasteiger partial charge in [-0.25, -0.2) is 18.9 Å². The lowest BCUT2D eigenvalue weighted by molar-refractivity contribution is 0.0595. The van der Waals surface area contributed by atoms with Gasteiger partial charge in [0, 0.05) is 0 Å². The predicted molar refractivity (Wildman–Crippen MR) is 61.6 cm³/mol. The molecule has 0 spiro atoms. The zero-order valence-corrected chi connectivity index (χ0v) is 10.00. The minimum Gasteiger partial charge on any atom is -0.465 e. The number of benzene rings is 1. The number of carbonyl (C=O) groups excluding carboxylic acids is 1. The van der Waals surface area contributed by atoms with Gasteiger partial charge in [-0.15, -0.1) is 5.10 Å². The Morgan fingerprint density at radius 3 is 2.95 bits per heavy atom. The zero-order valence-electron chi connectivity index (χ0n) is 10.00. The molecule has 2 aromatic rings. The van der Waals surface area contributed by atoms with Crippen LogP contribution in [0.3, 0.4) is 0 Å². The van der Waals surface area contributed by atoms with E-state index in [9.17, 15) is 9.18 Å². The first-order valence-corrected chi connectivity index (χ1v) is 5.30. The van der Waals surface area contributed by atoms with Crippen molar-refractivity contribution in [1.29, 1.82) is 5.26 Å². The molecule has 1 aromatic heterocycles. The third kappa shape index (κ3) is 2.74. The van der Waals surface area contributed by atoms with Gasteiger partial charge >= 0.3 is 5.97 Å². The third-order valence-electron chi connectivity index (χ3n) is 2.42. The molecule has 0 aliphatic rings. The molecule has 0 N–H and O–H groups in total. The number of hydrogen-bond acceptors (Lipinski definition) is 5. The Balaban J connectivity index is 2.21. The highest BCUT2D eigenvalue weighted by atomic mass is 19.1. The molecule has 0 aliphatic heterocycles. The van der Waals surface area contributed by atoms with Gasteiger partial charge in [-0.2, -0.15) is 5.26 Å². The molecule has 0 atom stereocenters. The van der Waals surface area contributed by atoms with E-state index < -0.39 is 11.8 Å². The van der Waals surface area contributed by atoms with Gasteiger partial charge < -0.3 is 4.74 Å². The highest BCUT2D eigenvalue weighted by molar-refractivity contribution is 5.89. The van der Waals surface area contributed by atoms with Crippen molar-refractivity contribution in [1.82, 2.24) is 14.8 Å². The van der Waals surface area contributed by atoms with Crippen molar-refractivity contribution in [3.63, 3.8) is 0 Å². The van der Waals surface area contributed by atoms with Crippen LogP contribution in [0.4, 0.5) is 4.39 Å². The van der Waals surface area contributed by atoms with Crippen LogP contribution in [0.2, 0.25) is 0 Å². The molecule has 0 saturated heterocycles. The van der Waals surface area contributed by atoms with Crippen LogP contribution in [0.5, 0.6) is 0 Å². The molecule has 96 valence electrons. The maximum absolute atomic E-state index is 13.7. The minimum absolute atomic E-state index is 0.0478. The number of ether oxygens (including phenoxy) is 1. The van der Waals surface area contributed by atoms with Crippen LogP contribution >= 0.6 is 0 Å². The summed E-state index contributed by atoms with van der Waals surface area (Å²) in [6, 6.07) is 5.95. The van der Waals surface area contributed by atoms with Gasteiger partial charge in [0.25, 0.3) is 5.82 Å². The van der Waals surface area contributed by atoms with Gasteiger partial charge in [0.15, 0.2) is 0 Å². The van der Waals surface area contributed by atoms with Crippen LogP contribution in [-0.2, 0) is 11.3 Å². The topological polar surface area (TPSA) is 80.8 Å². The van der Waals surface area contributed by atoms with Crippen LogP contribution in [0, 0.1) is 17.1 Å². The van der Waals surface area contributed by atoms with Gasteiger partial charge in [-0.3, -0.25) is 0 Å². The molecule has 0 bridgehead atoms. The number of carbonyl (C=O) groups is 1. The summed E-state index contributed by atoms with van der Waals surface area (Å²) >= 11 is 0. The monoisotopic (exact) mass is 260 g/mol. The average Bonchev–Trinajstić information content (AvgIpc) is 2.86. The zero-order chi connectivity index (χ0) is 13.8. The van der Waals surface area contributed by atoms with E-state index in [1.54, 1.807) is 12.1 Å². The average molecular weight is 260 g/mol. The third-order valence-corrected chi connectivity index (χ3v) is 2.42. The van der Waals surface area contributed by atoms with Crippen molar-refractivity contribution in [3.8, 4) is 6.07 Å². The first-order valence-electron chi connectivity index (χ1n) is 5.30. The number of rotatable bonds is 3. The number of hydrogen-bond donors (Lipinski definition) is 0. The van der Waals surface area contributed by atoms with Crippen LogP contribution in [-0.4, -0.2) is 27.8 Å². The molecule has 7 heteroatoms. The molecule has 0 aliphatic carbocycles. The molecule has 19 heavy (non-hydrogen) atoms. The molecule has 0 amide bonds. The number of methoxy groups -OCH3 is 1. The molecule has 0 fully saturated rings. The molecule has 6 nitrogen and oxygen atoms in total. The smallest absolute Gasteiger partial charge is 0.340 e. The lowest BCUT2D eigenvalue weighted by atomic mass is 10.1. The largest absolute Gasteiger partial charge is 0.465 e. The molecule has 0 radical (unpaired) electrons. The second-order valence-electron chi connectivity index (χ2n) is 3.68. The number of nitrogens with zero attached hydrogens (tertiary/aromatic N) is 4. The van der Waals surface area contributed by atoms with E-state index in [1.165, 1.54) is 30.3 Å². The Labute approximate surface area is 108 Å². The van der Waals surface area contributed by atoms with E-state index in [4.69, 9.17) is 5.26 Å².